The first-order chi connectivity index (χ1) is 5.29. The quantitative estimate of drug-likeness (QED) is 0.531. The molecular weight excluding hydrogens is 160 g/mol. The minimum absolute atomic E-state index is 0.372. The van der Waals surface area contributed by atoms with Crippen LogP contribution in [0.4, 0.5) is 0 Å². The van der Waals surface area contributed by atoms with Gasteiger partial charge in [0.25, 0.3) is 0 Å². The highest BCUT2D eigenvalue weighted by Gasteiger charge is 2.38. The number of alkyl halides is 1. The summed E-state index contributed by atoms with van der Waals surface area (Å²) in [6.45, 7) is 4.40. The average molecular weight is 175 g/mol. The third-order valence-corrected chi connectivity index (χ3v) is 3.64. The second kappa shape index (κ2) is 2.92. The van der Waals surface area contributed by atoms with E-state index in [0.29, 0.717) is 23.4 Å². The van der Waals surface area contributed by atoms with E-state index in [9.17, 15) is 0 Å². The summed E-state index contributed by atoms with van der Waals surface area (Å²) in [6, 6.07) is 0. The van der Waals surface area contributed by atoms with Crippen molar-refractivity contribution in [2.24, 2.45) is 11.8 Å². The molecule has 2 N–H and O–H groups in total. The van der Waals surface area contributed by atoms with E-state index in [-0.39, 0.29) is 0 Å². The number of piperidine rings is 1. The Morgan fingerprint density at radius 3 is 3.00 bits per heavy atom. The van der Waals surface area contributed by atoms with E-state index >= 15 is 0 Å². The molecule has 2 rings (SSSR count). The molecule has 2 nitrogen and oxygen atoms in total. The molecule has 0 aliphatic carbocycles. The molecule has 11 heavy (non-hydrogen) atoms. The fraction of sp³-hybridized carbons (Fsp3) is 1.00. The van der Waals surface area contributed by atoms with Crippen LogP contribution in [-0.2, 0) is 0 Å². The van der Waals surface area contributed by atoms with Gasteiger partial charge in [-0.05, 0) is 18.9 Å². The first-order valence-corrected chi connectivity index (χ1v) is 4.83. The average Bonchev–Trinajstić information content (AvgIpc) is 2.45. The van der Waals surface area contributed by atoms with Crippen LogP contribution in [-0.4, -0.2) is 24.6 Å². The standard InChI is InChI=1S/C8H15ClN2/c1-5-4-11-8-6(7(5)9)2-3-10-8/h5-8,10-11H,2-4H2,1H3. The van der Waals surface area contributed by atoms with Crippen LogP contribution in [0.5, 0.6) is 0 Å². The highest BCUT2D eigenvalue weighted by Crippen LogP contribution is 2.30. The fourth-order valence-corrected chi connectivity index (χ4v) is 2.50. The van der Waals surface area contributed by atoms with Crippen LogP contribution >= 0.6 is 11.6 Å². The number of hydrogen-bond donors (Lipinski definition) is 2. The predicted molar refractivity (Wildman–Crippen MR) is 46.7 cm³/mol. The molecule has 0 saturated carbocycles. The highest BCUT2D eigenvalue weighted by molar-refractivity contribution is 6.21. The van der Waals surface area contributed by atoms with Gasteiger partial charge >= 0.3 is 0 Å². The van der Waals surface area contributed by atoms with Crippen LogP contribution < -0.4 is 10.6 Å². The van der Waals surface area contributed by atoms with E-state index in [1.165, 1.54) is 6.42 Å². The van der Waals surface area contributed by atoms with Gasteiger partial charge < -0.3 is 10.6 Å². The molecule has 2 saturated heterocycles. The molecule has 0 radical (unpaired) electrons. The van der Waals surface area contributed by atoms with Crippen molar-refractivity contribution in [3.8, 4) is 0 Å². The molecule has 0 aromatic heterocycles. The Hall–Kier alpha value is 0.210. The lowest BCUT2D eigenvalue weighted by molar-refractivity contribution is 0.251. The summed E-state index contributed by atoms with van der Waals surface area (Å²) in [5.74, 6) is 1.28. The Kier molecular flexibility index (Phi) is 2.08. The van der Waals surface area contributed by atoms with E-state index < -0.39 is 0 Å². The van der Waals surface area contributed by atoms with Gasteiger partial charge in [-0.2, -0.15) is 0 Å². The molecule has 0 spiro atoms. The van der Waals surface area contributed by atoms with Crippen molar-refractivity contribution in [2.45, 2.75) is 24.9 Å². The maximum absolute atomic E-state index is 6.29. The van der Waals surface area contributed by atoms with Crippen LogP contribution in [0.1, 0.15) is 13.3 Å². The Morgan fingerprint density at radius 2 is 2.18 bits per heavy atom. The topological polar surface area (TPSA) is 24.1 Å². The number of rotatable bonds is 0. The molecule has 0 bridgehead atoms. The van der Waals surface area contributed by atoms with Gasteiger partial charge in [-0.3, -0.25) is 0 Å². The van der Waals surface area contributed by atoms with Crippen LogP contribution in [0.3, 0.4) is 0 Å². The van der Waals surface area contributed by atoms with Crippen LogP contribution in [0.15, 0.2) is 0 Å². The molecule has 2 aliphatic heterocycles. The molecule has 4 unspecified atom stereocenters. The van der Waals surface area contributed by atoms with Gasteiger partial charge in [0.2, 0.25) is 0 Å². The summed E-state index contributed by atoms with van der Waals surface area (Å²) in [5.41, 5.74) is 0. The third kappa shape index (κ3) is 1.28. The first kappa shape index (κ1) is 7.84. The van der Waals surface area contributed by atoms with Crippen LogP contribution in [0.25, 0.3) is 0 Å². The van der Waals surface area contributed by atoms with Crippen LogP contribution in [0, 0.1) is 11.8 Å². The van der Waals surface area contributed by atoms with Crippen molar-refractivity contribution in [1.29, 1.82) is 0 Å². The van der Waals surface area contributed by atoms with Gasteiger partial charge in [0, 0.05) is 17.8 Å². The second-order valence-electron chi connectivity index (χ2n) is 3.71. The number of hydrogen-bond acceptors (Lipinski definition) is 2. The number of nitrogens with one attached hydrogen (secondary N) is 2. The maximum atomic E-state index is 6.29. The summed E-state index contributed by atoms with van der Waals surface area (Å²) in [7, 11) is 0. The lowest BCUT2D eigenvalue weighted by Gasteiger charge is -2.35. The van der Waals surface area contributed by atoms with Crippen LogP contribution in [0.2, 0.25) is 0 Å². The minimum Gasteiger partial charge on any atom is -0.302 e. The SMILES string of the molecule is CC1CNC2NCCC2C1Cl. The van der Waals surface area contributed by atoms with Crippen molar-refractivity contribution in [3.63, 3.8) is 0 Å². The molecule has 4 atom stereocenters. The van der Waals surface area contributed by atoms with E-state index in [1.54, 1.807) is 0 Å². The van der Waals surface area contributed by atoms with Gasteiger partial charge in [-0.1, -0.05) is 6.92 Å². The van der Waals surface area contributed by atoms with Crippen molar-refractivity contribution in [3.05, 3.63) is 0 Å². The number of halogens is 1. The summed E-state index contributed by atoms with van der Waals surface area (Å²) < 4.78 is 0. The maximum Gasteiger partial charge on any atom is 0.0615 e. The molecule has 0 amide bonds. The largest absolute Gasteiger partial charge is 0.302 e. The lowest BCUT2D eigenvalue weighted by atomic mass is 9.89. The summed E-state index contributed by atoms with van der Waals surface area (Å²) in [4.78, 5) is 0. The van der Waals surface area contributed by atoms with Gasteiger partial charge in [-0.15, -0.1) is 11.6 Å². The Labute approximate surface area is 72.7 Å². The molecule has 64 valence electrons. The summed E-state index contributed by atoms with van der Waals surface area (Å²) >= 11 is 6.29. The first-order valence-electron chi connectivity index (χ1n) is 4.40. The zero-order valence-corrected chi connectivity index (χ0v) is 7.56. The van der Waals surface area contributed by atoms with Gasteiger partial charge in [0.15, 0.2) is 0 Å². The summed E-state index contributed by atoms with van der Waals surface area (Å²) in [6.07, 6.45) is 1.73. The Balaban J connectivity index is 2.06. The monoisotopic (exact) mass is 174 g/mol. The molecule has 3 heteroatoms. The Bertz CT molecular complexity index is 151. The zero-order chi connectivity index (χ0) is 7.84. The minimum atomic E-state index is 0.372. The fourth-order valence-electron chi connectivity index (χ4n) is 2.14. The lowest BCUT2D eigenvalue weighted by Crippen LogP contribution is -2.53. The second-order valence-corrected chi connectivity index (χ2v) is 4.22. The predicted octanol–water partition coefficient (Wildman–Crippen LogP) is 0.769. The molecule has 2 fully saturated rings. The van der Waals surface area contributed by atoms with E-state index in [1.807, 2.05) is 0 Å². The molecule has 0 aromatic rings. The normalized spacial score (nSPS) is 50.7. The third-order valence-electron chi connectivity index (χ3n) is 2.88. The van der Waals surface area contributed by atoms with Gasteiger partial charge in [0.05, 0.1) is 6.17 Å². The van der Waals surface area contributed by atoms with Gasteiger partial charge in [-0.25, -0.2) is 0 Å². The van der Waals surface area contributed by atoms with E-state index in [2.05, 4.69) is 17.6 Å². The molecular formula is C8H15ClN2. The van der Waals surface area contributed by atoms with Crippen molar-refractivity contribution in [2.75, 3.05) is 13.1 Å². The molecule has 0 aromatic carbocycles. The summed E-state index contributed by atoms with van der Waals surface area (Å²) in [5, 5.41) is 7.25. The zero-order valence-electron chi connectivity index (χ0n) is 6.81. The highest BCUT2D eigenvalue weighted by atomic mass is 35.5. The van der Waals surface area contributed by atoms with E-state index in [4.69, 9.17) is 11.6 Å². The van der Waals surface area contributed by atoms with Crippen molar-refractivity contribution >= 4 is 11.6 Å². The van der Waals surface area contributed by atoms with Gasteiger partial charge in [0.1, 0.15) is 0 Å². The smallest absolute Gasteiger partial charge is 0.0615 e. The molecule has 2 heterocycles. The van der Waals surface area contributed by atoms with Crippen molar-refractivity contribution in [1.82, 2.24) is 10.6 Å². The number of fused-ring (bicyclic) bond motifs is 1. The van der Waals surface area contributed by atoms with E-state index in [0.717, 1.165) is 13.1 Å². The van der Waals surface area contributed by atoms with Crippen molar-refractivity contribution < 1.29 is 0 Å². The molecule has 2 aliphatic rings. The Morgan fingerprint density at radius 1 is 1.36 bits per heavy atom.